The van der Waals surface area contributed by atoms with Gasteiger partial charge in [-0.05, 0) is 41.9 Å². The number of fused-ring (bicyclic) bond motifs is 1. The highest BCUT2D eigenvalue weighted by Crippen LogP contribution is 2.32. The highest BCUT2D eigenvalue weighted by Gasteiger charge is 2.45. The summed E-state index contributed by atoms with van der Waals surface area (Å²) in [6, 6.07) is 10.8. The molecule has 1 aromatic carbocycles. The Morgan fingerprint density at radius 2 is 2.07 bits per heavy atom. The van der Waals surface area contributed by atoms with E-state index >= 15 is 0 Å². The van der Waals surface area contributed by atoms with E-state index in [9.17, 15) is 13.6 Å². The molecule has 0 unspecified atom stereocenters. The Labute approximate surface area is 169 Å². The molecule has 3 aromatic heterocycles. The third kappa shape index (κ3) is 3.15. The first-order valence-electron chi connectivity index (χ1n) is 9.21. The van der Waals surface area contributed by atoms with E-state index in [4.69, 9.17) is 4.52 Å². The van der Waals surface area contributed by atoms with Crippen LogP contribution in [0.5, 0.6) is 0 Å². The van der Waals surface area contributed by atoms with Gasteiger partial charge in [0.15, 0.2) is 0 Å². The molecule has 1 N–H and O–H groups in total. The average molecular weight is 410 g/mol. The highest BCUT2D eigenvalue weighted by molar-refractivity contribution is 6.04. The molecule has 4 heterocycles. The zero-order valence-corrected chi connectivity index (χ0v) is 15.8. The largest absolute Gasteiger partial charge is 0.332 e. The van der Waals surface area contributed by atoms with Crippen LogP contribution in [0.1, 0.15) is 16.1 Å². The molecule has 0 radical (unpaired) electrons. The Hall–Kier alpha value is -3.82. The smallest absolute Gasteiger partial charge is 0.282 e. The molecule has 1 fully saturated rings. The summed E-state index contributed by atoms with van der Waals surface area (Å²) >= 11 is 0. The minimum Gasteiger partial charge on any atom is -0.332 e. The number of hydrogen-bond donors (Lipinski definition) is 1. The molecule has 10 heteroatoms. The summed E-state index contributed by atoms with van der Waals surface area (Å²) in [6.45, 7) is 0.996. The van der Waals surface area contributed by atoms with Crippen molar-refractivity contribution in [1.82, 2.24) is 19.5 Å². The van der Waals surface area contributed by atoms with Crippen molar-refractivity contribution in [2.45, 2.75) is 12.8 Å². The second kappa shape index (κ2) is 6.61. The van der Waals surface area contributed by atoms with Crippen molar-refractivity contribution in [1.29, 1.82) is 0 Å². The summed E-state index contributed by atoms with van der Waals surface area (Å²) in [5, 5.41) is 6.65. The molecule has 0 bridgehead atoms. The van der Waals surface area contributed by atoms with Gasteiger partial charge in [-0.1, -0.05) is 12.1 Å². The zero-order chi connectivity index (χ0) is 20.9. The molecule has 1 aliphatic heterocycles. The summed E-state index contributed by atoms with van der Waals surface area (Å²) < 4.78 is 33.1. The van der Waals surface area contributed by atoms with Gasteiger partial charge in [0.1, 0.15) is 11.3 Å². The van der Waals surface area contributed by atoms with Crippen molar-refractivity contribution in [3.05, 3.63) is 60.0 Å². The summed E-state index contributed by atoms with van der Waals surface area (Å²) in [6.07, 6.45) is 3.27. The number of nitrogens with zero attached hydrogens (tertiary/aromatic N) is 5. The fourth-order valence-corrected chi connectivity index (χ4v) is 3.29. The first-order chi connectivity index (χ1) is 14.4. The number of pyridine rings is 1. The molecule has 0 saturated carbocycles. The molecule has 1 saturated heterocycles. The molecule has 0 aliphatic carbocycles. The van der Waals surface area contributed by atoms with Crippen LogP contribution in [0.15, 0.2) is 53.3 Å². The lowest BCUT2D eigenvalue weighted by atomic mass is 10.1. The number of benzene rings is 1. The zero-order valence-electron chi connectivity index (χ0n) is 15.8. The fourth-order valence-electron chi connectivity index (χ4n) is 3.29. The Balaban J connectivity index is 1.39. The Morgan fingerprint density at radius 1 is 1.23 bits per heavy atom. The van der Waals surface area contributed by atoms with Crippen molar-refractivity contribution >= 4 is 23.2 Å². The quantitative estimate of drug-likeness (QED) is 0.555. The Kier molecular flexibility index (Phi) is 4.02. The van der Waals surface area contributed by atoms with Gasteiger partial charge in [-0.15, -0.1) is 0 Å². The maximum atomic E-state index is 13.1. The molecular formula is C20H16F2N6O2. The van der Waals surface area contributed by atoms with Crippen molar-refractivity contribution < 1.29 is 18.1 Å². The van der Waals surface area contributed by atoms with E-state index in [1.807, 2.05) is 25.1 Å². The maximum absolute atomic E-state index is 13.1. The van der Waals surface area contributed by atoms with Gasteiger partial charge >= 0.3 is 0 Å². The second-order valence-corrected chi connectivity index (χ2v) is 7.17. The molecule has 0 spiro atoms. The molecular weight excluding hydrogens is 394 g/mol. The number of aromatic nitrogens is 4. The van der Waals surface area contributed by atoms with Crippen molar-refractivity contribution in [3.8, 4) is 11.5 Å². The number of amides is 1. The first kappa shape index (κ1) is 18.2. The molecule has 152 valence electrons. The van der Waals surface area contributed by atoms with Crippen LogP contribution in [0.25, 0.3) is 17.1 Å². The predicted octanol–water partition coefficient (Wildman–Crippen LogP) is 3.40. The van der Waals surface area contributed by atoms with E-state index in [0.717, 1.165) is 5.56 Å². The van der Waals surface area contributed by atoms with Crippen LogP contribution >= 0.6 is 0 Å². The Morgan fingerprint density at radius 3 is 2.87 bits per heavy atom. The maximum Gasteiger partial charge on any atom is 0.282 e. The summed E-state index contributed by atoms with van der Waals surface area (Å²) in [5.74, 6) is -2.73. The van der Waals surface area contributed by atoms with Crippen molar-refractivity contribution in [2.24, 2.45) is 0 Å². The van der Waals surface area contributed by atoms with Gasteiger partial charge in [-0.3, -0.25) is 9.20 Å². The molecule has 4 aromatic rings. The van der Waals surface area contributed by atoms with Gasteiger partial charge in [0.25, 0.3) is 23.7 Å². The number of imidazole rings is 1. The number of rotatable bonds is 4. The van der Waals surface area contributed by atoms with Crippen LogP contribution in [0.2, 0.25) is 0 Å². The van der Waals surface area contributed by atoms with Crippen LogP contribution < -0.4 is 10.2 Å². The molecule has 5 rings (SSSR count). The number of carbonyl (C=O) groups excluding carboxylic acids is 1. The van der Waals surface area contributed by atoms with E-state index in [1.54, 1.807) is 28.8 Å². The number of nitrogens with one attached hydrogen (secondary N) is 1. The SMILES string of the molecule is Cc1ccc(-c2nc(N3CC(F)(F)C3)no2)cc1NC(=O)c1cnc2ccccn12. The van der Waals surface area contributed by atoms with Gasteiger partial charge in [0, 0.05) is 17.4 Å². The molecule has 1 aliphatic rings. The van der Waals surface area contributed by atoms with Crippen LogP contribution in [-0.4, -0.2) is 44.4 Å². The lowest BCUT2D eigenvalue weighted by Crippen LogP contribution is -2.56. The van der Waals surface area contributed by atoms with E-state index in [-0.39, 0.29) is 17.7 Å². The van der Waals surface area contributed by atoms with Crippen LogP contribution in [0.3, 0.4) is 0 Å². The second-order valence-electron chi connectivity index (χ2n) is 7.17. The predicted molar refractivity (Wildman–Crippen MR) is 105 cm³/mol. The fraction of sp³-hybridized carbons (Fsp3) is 0.200. The van der Waals surface area contributed by atoms with Gasteiger partial charge in [0.2, 0.25) is 0 Å². The van der Waals surface area contributed by atoms with Crippen molar-refractivity contribution in [3.63, 3.8) is 0 Å². The van der Waals surface area contributed by atoms with Crippen LogP contribution in [0, 0.1) is 6.92 Å². The topological polar surface area (TPSA) is 88.6 Å². The standard InChI is InChI=1S/C20H16F2N6O2/c1-12-5-6-13(18-25-19(26-30-18)27-10-20(21,22)11-27)8-14(12)24-17(29)15-9-23-16-4-2-3-7-28(15)16/h2-9H,10-11H2,1H3,(H,24,29). The van der Waals surface area contributed by atoms with Gasteiger partial charge in [-0.2, -0.15) is 4.98 Å². The third-order valence-corrected chi connectivity index (χ3v) is 4.92. The molecule has 1 amide bonds. The van der Waals surface area contributed by atoms with E-state index < -0.39 is 19.0 Å². The summed E-state index contributed by atoms with van der Waals surface area (Å²) in [7, 11) is 0. The van der Waals surface area contributed by atoms with Gasteiger partial charge in [0.05, 0.1) is 19.3 Å². The number of carbonyl (C=O) groups is 1. The van der Waals surface area contributed by atoms with Crippen LogP contribution in [-0.2, 0) is 0 Å². The monoisotopic (exact) mass is 410 g/mol. The van der Waals surface area contributed by atoms with E-state index in [0.29, 0.717) is 22.6 Å². The molecule has 30 heavy (non-hydrogen) atoms. The minimum atomic E-state index is -2.72. The minimum absolute atomic E-state index is 0.118. The lowest BCUT2D eigenvalue weighted by molar-refractivity contribution is -0.0273. The molecule has 8 nitrogen and oxygen atoms in total. The number of hydrogen-bond acceptors (Lipinski definition) is 6. The normalized spacial score (nSPS) is 15.2. The number of aryl methyl sites for hydroxylation is 1. The average Bonchev–Trinajstić information content (AvgIpc) is 3.35. The summed E-state index contributed by atoms with van der Waals surface area (Å²) in [4.78, 5) is 22.6. The van der Waals surface area contributed by atoms with E-state index in [2.05, 4.69) is 20.4 Å². The lowest BCUT2D eigenvalue weighted by Gasteiger charge is -2.37. The number of alkyl halides is 2. The van der Waals surface area contributed by atoms with Gasteiger partial charge < -0.3 is 14.7 Å². The van der Waals surface area contributed by atoms with E-state index in [1.165, 1.54) is 11.1 Å². The van der Waals surface area contributed by atoms with Gasteiger partial charge in [-0.25, -0.2) is 13.8 Å². The third-order valence-electron chi connectivity index (χ3n) is 4.92. The molecule has 0 atom stereocenters. The van der Waals surface area contributed by atoms with Crippen LogP contribution in [0.4, 0.5) is 20.4 Å². The number of anilines is 2. The number of halogens is 2. The Bertz CT molecular complexity index is 1260. The van der Waals surface area contributed by atoms with Crippen molar-refractivity contribution in [2.75, 3.05) is 23.3 Å². The highest BCUT2D eigenvalue weighted by atomic mass is 19.3. The first-order valence-corrected chi connectivity index (χ1v) is 9.21. The summed E-state index contributed by atoms with van der Waals surface area (Å²) in [5.41, 5.74) is 3.04.